The number of fused-ring (bicyclic) bond motifs is 1. The normalized spacial score (nSPS) is 20.4. The van der Waals surface area contributed by atoms with Crippen LogP contribution in [0.4, 0.5) is 4.79 Å². The van der Waals surface area contributed by atoms with Gasteiger partial charge in [-0.3, -0.25) is 14.5 Å². The van der Waals surface area contributed by atoms with E-state index in [0.29, 0.717) is 24.3 Å². The Morgan fingerprint density at radius 3 is 2.26 bits per heavy atom. The van der Waals surface area contributed by atoms with Crippen molar-refractivity contribution in [3.8, 4) is 0 Å². The van der Waals surface area contributed by atoms with Crippen LogP contribution in [0, 0.1) is 0 Å². The number of hydrogen-bond acceptors (Lipinski definition) is 5. The molecule has 0 radical (unpaired) electrons. The average Bonchev–Trinajstić information content (AvgIpc) is 2.80. The Morgan fingerprint density at radius 1 is 1.09 bits per heavy atom. The van der Waals surface area contributed by atoms with Crippen LogP contribution >= 0.6 is 0 Å². The van der Waals surface area contributed by atoms with Crippen LogP contribution in [-0.2, 0) is 9.63 Å². The Kier molecular flexibility index (Phi) is 3.73. The lowest BCUT2D eigenvalue weighted by molar-refractivity contribution is -0.145. The summed E-state index contributed by atoms with van der Waals surface area (Å²) in [5.74, 6) is -2.60. The minimum absolute atomic E-state index is 0.152. The topological polar surface area (TPSA) is 104 Å². The second-order valence-corrected chi connectivity index (χ2v) is 5.35. The van der Waals surface area contributed by atoms with E-state index in [-0.39, 0.29) is 17.7 Å². The van der Waals surface area contributed by atoms with Gasteiger partial charge in [0.25, 0.3) is 11.8 Å². The van der Waals surface area contributed by atoms with E-state index in [4.69, 9.17) is 9.94 Å². The minimum Gasteiger partial charge on any atom is -0.480 e. The number of carbonyl (C=O) groups is 4. The van der Waals surface area contributed by atoms with Crippen LogP contribution in [0.5, 0.6) is 0 Å². The number of hydroxylamine groups is 2. The molecule has 1 saturated heterocycles. The first-order chi connectivity index (χ1) is 11.0. The summed E-state index contributed by atoms with van der Waals surface area (Å²) in [5, 5.41) is 9.56. The molecule has 1 aromatic carbocycles. The molecule has 1 aromatic rings. The van der Waals surface area contributed by atoms with Gasteiger partial charge in [-0.2, -0.15) is 0 Å². The van der Waals surface area contributed by atoms with Crippen molar-refractivity contribution in [3.05, 3.63) is 35.4 Å². The zero-order valence-electron chi connectivity index (χ0n) is 12.1. The van der Waals surface area contributed by atoms with E-state index in [9.17, 15) is 19.2 Å². The van der Waals surface area contributed by atoms with Gasteiger partial charge in [0.2, 0.25) is 0 Å². The van der Waals surface area contributed by atoms with Gasteiger partial charge in [-0.1, -0.05) is 17.2 Å². The molecule has 2 heterocycles. The number of carboxylic acid groups (broad SMARTS) is 1. The fourth-order valence-electron chi connectivity index (χ4n) is 2.79. The quantitative estimate of drug-likeness (QED) is 0.824. The van der Waals surface area contributed by atoms with Crippen molar-refractivity contribution in [2.24, 2.45) is 0 Å². The number of benzene rings is 1. The number of hydrogen-bond donors (Lipinski definition) is 1. The van der Waals surface area contributed by atoms with Crippen LogP contribution in [0.25, 0.3) is 0 Å². The molecule has 3 rings (SSSR count). The molecule has 2 aliphatic rings. The van der Waals surface area contributed by atoms with Crippen LogP contribution in [0.2, 0.25) is 0 Å². The van der Waals surface area contributed by atoms with E-state index in [1.165, 1.54) is 12.1 Å². The van der Waals surface area contributed by atoms with Gasteiger partial charge in [0.15, 0.2) is 0 Å². The third kappa shape index (κ3) is 2.52. The highest BCUT2D eigenvalue weighted by Gasteiger charge is 2.41. The summed E-state index contributed by atoms with van der Waals surface area (Å²) in [5.41, 5.74) is 0.303. The summed E-state index contributed by atoms with van der Waals surface area (Å²) in [4.78, 5) is 53.6. The van der Waals surface area contributed by atoms with Gasteiger partial charge in [0.05, 0.1) is 11.1 Å². The molecule has 0 bridgehead atoms. The molecule has 2 aliphatic heterocycles. The van der Waals surface area contributed by atoms with Crippen molar-refractivity contribution in [2.75, 3.05) is 6.54 Å². The van der Waals surface area contributed by atoms with E-state index in [0.717, 1.165) is 4.90 Å². The highest BCUT2D eigenvalue weighted by atomic mass is 16.7. The summed E-state index contributed by atoms with van der Waals surface area (Å²) >= 11 is 0. The van der Waals surface area contributed by atoms with Crippen LogP contribution in [0.15, 0.2) is 24.3 Å². The third-order valence-electron chi connectivity index (χ3n) is 3.95. The molecule has 0 aromatic heterocycles. The lowest BCUT2D eigenvalue weighted by Gasteiger charge is -2.32. The maximum atomic E-state index is 12.2. The van der Waals surface area contributed by atoms with E-state index in [2.05, 4.69) is 0 Å². The summed E-state index contributed by atoms with van der Waals surface area (Å²) in [6, 6.07) is 5.11. The largest absolute Gasteiger partial charge is 0.480 e. The second-order valence-electron chi connectivity index (χ2n) is 5.35. The SMILES string of the molecule is O=C(O)C1CCCCN1C(=O)ON1C(=O)c2ccccc2C1=O. The third-order valence-corrected chi connectivity index (χ3v) is 3.95. The Morgan fingerprint density at radius 2 is 1.70 bits per heavy atom. The molecular formula is C15H14N2O6. The Labute approximate surface area is 131 Å². The molecule has 0 saturated carbocycles. The first kappa shape index (κ1) is 15.0. The standard InChI is InChI=1S/C15H14N2O6/c18-12-9-5-1-2-6-10(9)13(19)17(12)23-15(22)16-8-4-3-7-11(16)14(20)21/h1-2,5-6,11H,3-4,7-8H2,(H,20,21). The Balaban J connectivity index is 1.77. The minimum atomic E-state index is -1.14. The molecule has 8 heteroatoms. The monoisotopic (exact) mass is 318 g/mol. The highest BCUT2D eigenvalue weighted by molar-refractivity contribution is 6.20. The molecule has 8 nitrogen and oxygen atoms in total. The molecule has 0 aliphatic carbocycles. The molecule has 1 fully saturated rings. The lowest BCUT2D eigenvalue weighted by Crippen LogP contribution is -2.50. The van der Waals surface area contributed by atoms with Gasteiger partial charge in [-0.25, -0.2) is 9.59 Å². The fourth-order valence-corrected chi connectivity index (χ4v) is 2.79. The number of carboxylic acids is 1. The molecule has 3 amide bonds. The predicted molar refractivity (Wildman–Crippen MR) is 75.4 cm³/mol. The summed E-state index contributed by atoms with van der Waals surface area (Å²) < 4.78 is 0. The van der Waals surface area contributed by atoms with Crippen molar-refractivity contribution in [3.63, 3.8) is 0 Å². The molecule has 1 N–H and O–H groups in total. The number of rotatable bonds is 2. The number of likely N-dealkylation sites (tertiary alicyclic amines) is 1. The van der Waals surface area contributed by atoms with Crippen molar-refractivity contribution in [2.45, 2.75) is 25.3 Å². The summed E-state index contributed by atoms with van der Waals surface area (Å²) in [6.07, 6.45) is 0.632. The fraction of sp³-hybridized carbons (Fsp3) is 0.333. The van der Waals surface area contributed by atoms with Crippen LogP contribution in [0.3, 0.4) is 0 Å². The van der Waals surface area contributed by atoms with Gasteiger partial charge in [0.1, 0.15) is 6.04 Å². The first-order valence-corrected chi connectivity index (χ1v) is 7.20. The molecule has 1 atom stereocenters. The number of nitrogens with zero attached hydrogens (tertiary/aromatic N) is 2. The van der Waals surface area contributed by atoms with E-state index >= 15 is 0 Å². The number of piperidine rings is 1. The first-order valence-electron chi connectivity index (χ1n) is 7.20. The Hall–Kier alpha value is -2.90. The van der Waals surface area contributed by atoms with Crippen LogP contribution < -0.4 is 0 Å². The zero-order chi connectivity index (χ0) is 16.6. The lowest BCUT2D eigenvalue weighted by atomic mass is 10.0. The predicted octanol–water partition coefficient (Wildman–Crippen LogP) is 1.27. The average molecular weight is 318 g/mol. The number of carbonyl (C=O) groups excluding carboxylic acids is 3. The molecule has 120 valence electrons. The summed E-state index contributed by atoms with van der Waals surface area (Å²) in [7, 11) is 0. The molecular weight excluding hydrogens is 304 g/mol. The van der Waals surface area contributed by atoms with Gasteiger partial charge >= 0.3 is 12.1 Å². The summed E-state index contributed by atoms with van der Waals surface area (Å²) in [6.45, 7) is 0.207. The van der Waals surface area contributed by atoms with Gasteiger partial charge in [-0.15, -0.1) is 0 Å². The Bertz CT molecular complexity index is 666. The zero-order valence-corrected chi connectivity index (χ0v) is 12.1. The van der Waals surface area contributed by atoms with E-state index in [1.54, 1.807) is 12.1 Å². The van der Waals surface area contributed by atoms with Crippen LogP contribution in [-0.4, -0.2) is 51.5 Å². The number of aliphatic carboxylic acids is 1. The number of imide groups is 1. The van der Waals surface area contributed by atoms with Crippen molar-refractivity contribution < 1.29 is 29.1 Å². The van der Waals surface area contributed by atoms with E-state index in [1.807, 2.05) is 0 Å². The highest BCUT2D eigenvalue weighted by Crippen LogP contribution is 2.24. The van der Waals surface area contributed by atoms with Gasteiger partial charge < -0.3 is 9.94 Å². The van der Waals surface area contributed by atoms with Crippen molar-refractivity contribution in [1.82, 2.24) is 9.96 Å². The number of amides is 3. The molecule has 23 heavy (non-hydrogen) atoms. The van der Waals surface area contributed by atoms with Crippen LogP contribution in [0.1, 0.15) is 40.0 Å². The van der Waals surface area contributed by atoms with Crippen molar-refractivity contribution in [1.29, 1.82) is 0 Å². The van der Waals surface area contributed by atoms with Gasteiger partial charge in [-0.05, 0) is 31.4 Å². The molecule has 0 spiro atoms. The maximum absolute atomic E-state index is 12.2. The van der Waals surface area contributed by atoms with E-state index < -0.39 is 29.9 Å². The molecule has 1 unspecified atom stereocenters. The van der Waals surface area contributed by atoms with Gasteiger partial charge in [0, 0.05) is 6.54 Å². The van der Waals surface area contributed by atoms with Crippen molar-refractivity contribution >= 4 is 23.9 Å². The second kappa shape index (κ2) is 5.71. The smallest absolute Gasteiger partial charge is 0.435 e. The maximum Gasteiger partial charge on any atom is 0.435 e.